The lowest BCUT2D eigenvalue weighted by molar-refractivity contribution is 0.141. The summed E-state index contributed by atoms with van der Waals surface area (Å²) in [6, 6.07) is 18.0. The molecule has 2 aromatic carbocycles. The van der Waals surface area contributed by atoms with E-state index in [9.17, 15) is 4.79 Å². The van der Waals surface area contributed by atoms with E-state index in [2.05, 4.69) is 43.4 Å². The number of alkyl carbamates (subject to hydrolysis) is 1. The van der Waals surface area contributed by atoms with Gasteiger partial charge in [-0.2, -0.15) is 0 Å². The first kappa shape index (κ1) is 16.8. The number of carbonyl (C=O) groups is 1. The summed E-state index contributed by atoms with van der Waals surface area (Å²) in [6.07, 6.45) is 3.52. The van der Waals surface area contributed by atoms with Gasteiger partial charge in [0.15, 0.2) is 0 Å². The monoisotopic (exact) mass is 309 g/mol. The van der Waals surface area contributed by atoms with Gasteiger partial charge in [0.2, 0.25) is 0 Å². The molecule has 0 aliphatic rings. The maximum absolute atomic E-state index is 11.6. The van der Waals surface area contributed by atoms with Crippen LogP contribution in [0.1, 0.15) is 36.5 Å². The van der Waals surface area contributed by atoms with Gasteiger partial charge < -0.3 is 10.1 Å². The van der Waals surface area contributed by atoms with E-state index in [1.54, 1.807) is 0 Å². The van der Waals surface area contributed by atoms with Gasteiger partial charge in [0.05, 0.1) is 0 Å². The van der Waals surface area contributed by atoms with Gasteiger partial charge in [0.1, 0.15) is 6.61 Å². The normalized spacial score (nSPS) is 10.9. The first-order chi connectivity index (χ1) is 11.1. The summed E-state index contributed by atoms with van der Waals surface area (Å²) < 4.78 is 5.15. The van der Waals surface area contributed by atoms with Crippen molar-refractivity contribution in [3.05, 3.63) is 77.4 Å². The Labute approximate surface area is 138 Å². The average Bonchev–Trinajstić information content (AvgIpc) is 2.58. The molecule has 0 saturated carbocycles. The van der Waals surface area contributed by atoms with Gasteiger partial charge >= 0.3 is 6.09 Å². The summed E-state index contributed by atoms with van der Waals surface area (Å²) >= 11 is 0. The van der Waals surface area contributed by atoms with E-state index < -0.39 is 6.09 Å². The predicted molar refractivity (Wildman–Crippen MR) is 94.2 cm³/mol. The third-order valence-corrected chi connectivity index (χ3v) is 3.46. The molecular formula is C20H23NO2. The predicted octanol–water partition coefficient (Wildman–Crippen LogP) is 4.75. The molecule has 3 heteroatoms. The van der Waals surface area contributed by atoms with Crippen molar-refractivity contribution in [2.24, 2.45) is 0 Å². The molecule has 0 unspecified atom stereocenters. The highest BCUT2D eigenvalue weighted by Gasteiger charge is 2.01. The fraction of sp³-hybridized carbons (Fsp3) is 0.250. The highest BCUT2D eigenvalue weighted by atomic mass is 16.5. The van der Waals surface area contributed by atoms with Crippen molar-refractivity contribution >= 4 is 12.2 Å². The molecule has 0 aliphatic carbocycles. The summed E-state index contributed by atoms with van der Waals surface area (Å²) in [5, 5.41) is 2.71. The Hall–Kier alpha value is -2.55. The van der Waals surface area contributed by atoms with Gasteiger partial charge in [-0.25, -0.2) is 4.79 Å². The Morgan fingerprint density at radius 1 is 1.13 bits per heavy atom. The quantitative estimate of drug-likeness (QED) is 0.836. The van der Waals surface area contributed by atoms with E-state index in [0.29, 0.717) is 12.5 Å². The fourth-order valence-electron chi connectivity index (χ4n) is 2.13. The van der Waals surface area contributed by atoms with Gasteiger partial charge in [-0.1, -0.05) is 80.6 Å². The van der Waals surface area contributed by atoms with Crippen molar-refractivity contribution < 1.29 is 9.53 Å². The summed E-state index contributed by atoms with van der Waals surface area (Å²) in [7, 11) is 0. The molecule has 1 amide bonds. The van der Waals surface area contributed by atoms with Crippen molar-refractivity contribution in [1.29, 1.82) is 0 Å². The lowest BCUT2D eigenvalue weighted by Gasteiger charge is -2.06. The molecule has 120 valence electrons. The Kier molecular flexibility index (Phi) is 6.42. The lowest BCUT2D eigenvalue weighted by atomic mass is 10.0. The summed E-state index contributed by atoms with van der Waals surface area (Å²) in [5.74, 6) is 0.509. The van der Waals surface area contributed by atoms with Gasteiger partial charge in [-0.3, -0.25) is 0 Å². The van der Waals surface area contributed by atoms with Crippen LogP contribution < -0.4 is 5.32 Å². The third-order valence-electron chi connectivity index (χ3n) is 3.46. The molecule has 0 aromatic heterocycles. The second-order valence-electron chi connectivity index (χ2n) is 5.67. The molecule has 3 nitrogen and oxygen atoms in total. The standard InChI is InChI=1S/C20H23NO2/c1-16(2)19-12-6-10-17(14-19)11-7-13-21-20(22)23-15-18-8-4-3-5-9-18/h3-12,14,16H,13,15H2,1-2H3,(H,21,22). The van der Waals surface area contributed by atoms with E-state index >= 15 is 0 Å². The SMILES string of the molecule is CC(C)c1cccc(C=CCNC(=O)OCc2ccccc2)c1. The van der Waals surface area contributed by atoms with Crippen molar-refractivity contribution in [2.45, 2.75) is 26.4 Å². The van der Waals surface area contributed by atoms with Gasteiger partial charge in [0.25, 0.3) is 0 Å². The largest absolute Gasteiger partial charge is 0.445 e. The Balaban J connectivity index is 1.73. The molecule has 0 fully saturated rings. The molecule has 0 spiro atoms. The van der Waals surface area contributed by atoms with E-state index in [1.807, 2.05) is 42.5 Å². The van der Waals surface area contributed by atoms with E-state index in [1.165, 1.54) is 5.56 Å². The van der Waals surface area contributed by atoms with Crippen LogP contribution in [0.25, 0.3) is 6.08 Å². The van der Waals surface area contributed by atoms with Crippen LogP contribution in [0.15, 0.2) is 60.7 Å². The molecule has 0 atom stereocenters. The number of hydrogen-bond acceptors (Lipinski definition) is 2. The Morgan fingerprint density at radius 3 is 2.65 bits per heavy atom. The highest BCUT2D eigenvalue weighted by molar-refractivity contribution is 5.67. The first-order valence-corrected chi connectivity index (χ1v) is 7.86. The molecule has 0 heterocycles. The smallest absolute Gasteiger partial charge is 0.407 e. The zero-order valence-electron chi connectivity index (χ0n) is 13.7. The number of benzene rings is 2. The first-order valence-electron chi connectivity index (χ1n) is 7.86. The van der Waals surface area contributed by atoms with Crippen LogP contribution in [0.5, 0.6) is 0 Å². The Bertz CT molecular complexity index is 648. The minimum absolute atomic E-state index is 0.285. The van der Waals surface area contributed by atoms with Crippen LogP contribution in [0.3, 0.4) is 0 Å². The number of nitrogens with one attached hydrogen (secondary N) is 1. The average molecular weight is 309 g/mol. The minimum atomic E-state index is -0.408. The molecule has 0 aliphatic heterocycles. The van der Waals surface area contributed by atoms with Crippen LogP contribution in [-0.2, 0) is 11.3 Å². The third kappa shape index (κ3) is 5.99. The van der Waals surface area contributed by atoms with Crippen LogP contribution >= 0.6 is 0 Å². The molecule has 1 N–H and O–H groups in total. The maximum atomic E-state index is 11.6. The zero-order chi connectivity index (χ0) is 16.5. The summed E-state index contributed by atoms with van der Waals surface area (Å²) in [4.78, 5) is 11.6. The van der Waals surface area contributed by atoms with E-state index in [-0.39, 0.29) is 6.61 Å². The van der Waals surface area contributed by atoms with Gasteiger partial charge in [0, 0.05) is 6.54 Å². The zero-order valence-corrected chi connectivity index (χ0v) is 13.7. The number of carbonyl (C=O) groups excluding carboxylic acids is 1. The molecule has 2 rings (SSSR count). The number of ether oxygens (including phenoxy) is 1. The second-order valence-corrected chi connectivity index (χ2v) is 5.67. The van der Waals surface area contributed by atoms with Crippen molar-refractivity contribution in [3.63, 3.8) is 0 Å². The summed E-state index contributed by atoms with van der Waals surface area (Å²) in [5.41, 5.74) is 3.42. The van der Waals surface area contributed by atoms with Crippen LogP contribution in [0, 0.1) is 0 Å². The van der Waals surface area contributed by atoms with Crippen LogP contribution in [-0.4, -0.2) is 12.6 Å². The number of amides is 1. The molecule has 23 heavy (non-hydrogen) atoms. The minimum Gasteiger partial charge on any atom is -0.445 e. The molecule has 2 aromatic rings. The number of rotatable bonds is 6. The highest BCUT2D eigenvalue weighted by Crippen LogP contribution is 2.16. The van der Waals surface area contributed by atoms with Crippen LogP contribution in [0.4, 0.5) is 4.79 Å². The van der Waals surface area contributed by atoms with E-state index in [0.717, 1.165) is 11.1 Å². The van der Waals surface area contributed by atoms with Gasteiger partial charge in [-0.15, -0.1) is 0 Å². The molecule has 0 radical (unpaired) electrons. The van der Waals surface area contributed by atoms with E-state index in [4.69, 9.17) is 4.74 Å². The molecule has 0 bridgehead atoms. The Morgan fingerprint density at radius 2 is 1.91 bits per heavy atom. The molecular weight excluding hydrogens is 286 g/mol. The fourth-order valence-corrected chi connectivity index (χ4v) is 2.13. The molecule has 0 saturated heterocycles. The van der Waals surface area contributed by atoms with Crippen molar-refractivity contribution in [1.82, 2.24) is 5.32 Å². The van der Waals surface area contributed by atoms with Crippen molar-refractivity contribution in [3.8, 4) is 0 Å². The number of hydrogen-bond donors (Lipinski definition) is 1. The van der Waals surface area contributed by atoms with Crippen LogP contribution in [0.2, 0.25) is 0 Å². The van der Waals surface area contributed by atoms with Crippen molar-refractivity contribution in [2.75, 3.05) is 6.54 Å². The van der Waals surface area contributed by atoms with Gasteiger partial charge in [-0.05, 0) is 22.6 Å². The maximum Gasteiger partial charge on any atom is 0.407 e. The summed E-state index contributed by atoms with van der Waals surface area (Å²) in [6.45, 7) is 5.08. The second kappa shape index (κ2) is 8.79. The lowest BCUT2D eigenvalue weighted by Crippen LogP contribution is -2.24. The topological polar surface area (TPSA) is 38.3 Å².